The molecule has 2 aromatic carbocycles. The van der Waals surface area contributed by atoms with Crippen molar-refractivity contribution in [3.8, 4) is 17.2 Å². The fraction of sp³-hybridized carbons (Fsp3) is 0.286. The van der Waals surface area contributed by atoms with Crippen molar-refractivity contribution in [3.05, 3.63) is 53.6 Å². The lowest BCUT2D eigenvalue weighted by atomic mass is 10.1. The molecule has 2 aliphatic rings. The van der Waals surface area contributed by atoms with E-state index in [-0.39, 0.29) is 23.8 Å². The monoisotopic (exact) mass is 428 g/mol. The summed E-state index contributed by atoms with van der Waals surface area (Å²) < 4.78 is 16.5. The predicted octanol–water partition coefficient (Wildman–Crippen LogP) is 2.46. The van der Waals surface area contributed by atoms with Gasteiger partial charge in [0.1, 0.15) is 23.9 Å². The third-order valence-electron chi connectivity index (χ3n) is 4.82. The summed E-state index contributed by atoms with van der Waals surface area (Å²) in [6, 6.07) is 12.5. The molecular weight excluding hydrogens is 408 g/mol. The molecule has 0 bridgehead atoms. The van der Waals surface area contributed by atoms with Crippen molar-refractivity contribution in [2.45, 2.75) is 11.7 Å². The number of benzene rings is 2. The van der Waals surface area contributed by atoms with Gasteiger partial charge in [-0.1, -0.05) is 23.9 Å². The van der Waals surface area contributed by atoms with Crippen LogP contribution in [-0.2, 0) is 11.2 Å². The molecule has 1 unspecified atom stereocenters. The van der Waals surface area contributed by atoms with E-state index in [1.807, 2.05) is 24.3 Å². The average Bonchev–Trinajstić information content (AvgIpc) is 3.07. The smallest absolute Gasteiger partial charge is 0.286 e. The van der Waals surface area contributed by atoms with Gasteiger partial charge in [0.2, 0.25) is 5.91 Å². The minimum Gasteiger partial charge on any atom is -0.497 e. The minimum atomic E-state index is -0.391. The van der Waals surface area contributed by atoms with Gasteiger partial charge in [-0.15, -0.1) is 0 Å². The number of ether oxygens (including phenoxy) is 3. The molecule has 30 heavy (non-hydrogen) atoms. The summed E-state index contributed by atoms with van der Waals surface area (Å²) in [5, 5.41) is 1.59. The molecule has 0 radical (unpaired) electrons. The second-order valence-corrected chi connectivity index (χ2v) is 7.96. The van der Waals surface area contributed by atoms with Crippen molar-refractivity contribution in [2.24, 2.45) is 0 Å². The van der Waals surface area contributed by atoms with E-state index in [9.17, 15) is 14.4 Å². The number of amides is 3. The van der Waals surface area contributed by atoms with Crippen LogP contribution in [0.4, 0.5) is 4.79 Å². The van der Waals surface area contributed by atoms with Gasteiger partial charge in [0, 0.05) is 6.07 Å². The van der Waals surface area contributed by atoms with Crippen LogP contribution < -0.4 is 19.5 Å². The zero-order chi connectivity index (χ0) is 21.1. The zero-order valence-electron chi connectivity index (χ0n) is 16.3. The molecule has 0 saturated carbocycles. The van der Waals surface area contributed by atoms with Crippen LogP contribution in [0.5, 0.6) is 17.2 Å². The lowest BCUT2D eigenvalue weighted by Crippen LogP contribution is -2.40. The normalized spacial score (nSPS) is 18.0. The maximum atomic E-state index is 12.6. The SMILES string of the molecule is COc1ccc2c(c1)OCN(CCOc1ccc(CC3SC(=O)NC3=O)cc1)C2=O. The third kappa shape index (κ3) is 4.35. The quantitative estimate of drug-likeness (QED) is 0.724. The van der Waals surface area contributed by atoms with Crippen LogP contribution in [0.3, 0.4) is 0 Å². The van der Waals surface area contributed by atoms with Gasteiger partial charge in [-0.3, -0.25) is 19.7 Å². The lowest BCUT2D eigenvalue weighted by molar-refractivity contribution is -0.118. The number of rotatable bonds is 7. The summed E-state index contributed by atoms with van der Waals surface area (Å²) in [6.07, 6.45) is 0.479. The number of hydrogen-bond acceptors (Lipinski definition) is 7. The summed E-state index contributed by atoms with van der Waals surface area (Å²) in [4.78, 5) is 37.1. The van der Waals surface area contributed by atoms with Crippen LogP contribution in [-0.4, -0.2) is 54.2 Å². The van der Waals surface area contributed by atoms with E-state index in [1.165, 1.54) is 0 Å². The first kappa shape index (κ1) is 20.1. The van der Waals surface area contributed by atoms with Gasteiger partial charge in [-0.25, -0.2) is 0 Å². The highest BCUT2D eigenvalue weighted by Crippen LogP contribution is 2.29. The van der Waals surface area contributed by atoms with E-state index >= 15 is 0 Å². The molecule has 2 aliphatic heterocycles. The molecule has 2 aromatic rings. The van der Waals surface area contributed by atoms with E-state index in [4.69, 9.17) is 14.2 Å². The van der Waals surface area contributed by atoms with E-state index < -0.39 is 5.25 Å². The Morgan fingerprint density at radius 3 is 2.60 bits per heavy atom. The van der Waals surface area contributed by atoms with Crippen LogP contribution in [0.25, 0.3) is 0 Å². The molecule has 0 spiro atoms. The van der Waals surface area contributed by atoms with Crippen LogP contribution in [0.15, 0.2) is 42.5 Å². The topological polar surface area (TPSA) is 94.2 Å². The van der Waals surface area contributed by atoms with Gasteiger partial charge in [-0.05, 0) is 36.2 Å². The Kier molecular flexibility index (Phi) is 5.80. The standard InChI is InChI=1S/C21H20N2O6S/c1-27-15-6-7-16-17(11-15)29-12-23(20(16)25)8-9-28-14-4-2-13(3-5-14)10-18-19(24)22-21(26)30-18/h2-7,11,18H,8-10,12H2,1H3,(H,22,24,26). The van der Waals surface area contributed by atoms with Gasteiger partial charge in [-0.2, -0.15) is 0 Å². The molecule has 0 aliphatic carbocycles. The molecule has 9 heteroatoms. The highest BCUT2D eigenvalue weighted by atomic mass is 32.2. The van der Waals surface area contributed by atoms with Gasteiger partial charge in [0.15, 0.2) is 6.73 Å². The molecule has 4 rings (SSSR count). The van der Waals surface area contributed by atoms with Crippen molar-refractivity contribution in [3.63, 3.8) is 0 Å². The number of methoxy groups -OCH3 is 1. The Bertz CT molecular complexity index is 978. The van der Waals surface area contributed by atoms with E-state index in [0.29, 0.717) is 42.4 Å². The van der Waals surface area contributed by atoms with Crippen molar-refractivity contribution in [1.29, 1.82) is 0 Å². The summed E-state index contributed by atoms with van der Waals surface area (Å²) in [6.45, 7) is 0.851. The van der Waals surface area contributed by atoms with Crippen molar-refractivity contribution in [1.82, 2.24) is 10.2 Å². The largest absolute Gasteiger partial charge is 0.497 e. The lowest BCUT2D eigenvalue weighted by Gasteiger charge is -2.28. The first-order chi connectivity index (χ1) is 14.5. The minimum absolute atomic E-state index is 0.111. The molecular formula is C21H20N2O6S. The summed E-state index contributed by atoms with van der Waals surface area (Å²) in [7, 11) is 1.56. The zero-order valence-corrected chi connectivity index (χ0v) is 17.1. The van der Waals surface area contributed by atoms with Crippen LogP contribution >= 0.6 is 11.8 Å². The number of carbonyl (C=O) groups excluding carboxylic acids is 3. The van der Waals surface area contributed by atoms with Crippen molar-refractivity contribution < 1.29 is 28.6 Å². The van der Waals surface area contributed by atoms with Crippen molar-refractivity contribution >= 4 is 28.8 Å². The molecule has 156 valence electrons. The molecule has 0 aromatic heterocycles. The fourth-order valence-corrected chi connectivity index (χ4v) is 4.07. The second-order valence-electron chi connectivity index (χ2n) is 6.78. The van der Waals surface area contributed by atoms with Gasteiger partial charge < -0.3 is 19.1 Å². The summed E-state index contributed by atoms with van der Waals surface area (Å²) in [5.74, 6) is 1.45. The molecule has 3 amide bonds. The van der Waals surface area contributed by atoms with Crippen LogP contribution in [0, 0.1) is 0 Å². The Hall–Kier alpha value is -3.20. The predicted molar refractivity (Wildman–Crippen MR) is 110 cm³/mol. The number of hydrogen-bond donors (Lipinski definition) is 1. The first-order valence-electron chi connectivity index (χ1n) is 9.37. The number of fused-ring (bicyclic) bond motifs is 1. The van der Waals surface area contributed by atoms with Gasteiger partial charge in [0.25, 0.3) is 11.1 Å². The fourth-order valence-electron chi connectivity index (χ4n) is 3.21. The maximum absolute atomic E-state index is 12.6. The number of nitrogens with one attached hydrogen (secondary N) is 1. The number of imide groups is 1. The number of nitrogens with zero attached hydrogens (tertiary/aromatic N) is 1. The van der Waals surface area contributed by atoms with Gasteiger partial charge in [0.05, 0.1) is 24.5 Å². The average molecular weight is 428 g/mol. The summed E-state index contributed by atoms with van der Waals surface area (Å²) in [5.41, 5.74) is 1.44. The van der Waals surface area contributed by atoms with Crippen molar-refractivity contribution in [2.75, 3.05) is 27.0 Å². The van der Waals surface area contributed by atoms with E-state index in [2.05, 4.69) is 5.32 Å². The maximum Gasteiger partial charge on any atom is 0.286 e. The Balaban J connectivity index is 1.27. The Morgan fingerprint density at radius 1 is 1.13 bits per heavy atom. The van der Waals surface area contributed by atoms with Crippen LogP contribution in [0.2, 0.25) is 0 Å². The number of thioether (sulfide) groups is 1. The Morgan fingerprint density at radius 2 is 1.90 bits per heavy atom. The molecule has 1 atom stereocenters. The molecule has 1 fully saturated rings. The first-order valence-corrected chi connectivity index (χ1v) is 10.2. The Labute approximate surface area is 177 Å². The number of carbonyl (C=O) groups is 3. The highest BCUT2D eigenvalue weighted by molar-refractivity contribution is 8.15. The van der Waals surface area contributed by atoms with Crippen LogP contribution in [0.1, 0.15) is 15.9 Å². The molecule has 8 nitrogen and oxygen atoms in total. The van der Waals surface area contributed by atoms with Gasteiger partial charge >= 0.3 is 0 Å². The molecule has 1 saturated heterocycles. The van der Waals surface area contributed by atoms with E-state index in [0.717, 1.165) is 17.3 Å². The van der Waals surface area contributed by atoms with E-state index in [1.54, 1.807) is 30.2 Å². The highest BCUT2D eigenvalue weighted by Gasteiger charge is 2.31. The third-order valence-corrected chi connectivity index (χ3v) is 5.81. The molecule has 1 N–H and O–H groups in total. The second kappa shape index (κ2) is 8.66. The summed E-state index contributed by atoms with van der Waals surface area (Å²) >= 11 is 1.01. The molecule has 2 heterocycles.